The Hall–Kier alpha value is -3.71. The van der Waals surface area contributed by atoms with Crippen molar-refractivity contribution in [2.24, 2.45) is 0 Å². The van der Waals surface area contributed by atoms with Gasteiger partial charge >= 0.3 is 0 Å². The smallest absolute Gasteiger partial charge is 0.293 e. The molecule has 2 aliphatic heterocycles. The molecule has 3 aromatic carbocycles. The summed E-state index contributed by atoms with van der Waals surface area (Å²) in [7, 11) is 0. The van der Waals surface area contributed by atoms with Crippen molar-refractivity contribution in [2.45, 2.75) is 31.7 Å². The van der Waals surface area contributed by atoms with Crippen LogP contribution in [-0.4, -0.2) is 59.9 Å². The van der Waals surface area contributed by atoms with Gasteiger partial charge in [0.05, 0.1) is 11.0 Å². The molecule has 7 heteroatoms. The Labute approximate surface area is 218 Å². The van der Waals surface area contributed by atoms with Gasteiger partial charge in [-0.2, -0.15) is 0 Å². The molecule has 0 spiro atoms. The average Bonchev–Trinajstić information content (AvgIpc) is 3.24. The van der Waals surface area contributed by atoms with Gasteiger partial charge in [0.1, 0.15) is 5.69 Å². The maximum Gasteiger partial charge on any atom is 0.293 e. The summed E-state index contributed by atoms with van der Waals surface area (Å²) in [5, 5.41) is 11.9. The molecule has 5 rings (SSSR count). The summed E-state index contributed by atoms with van der Waals surface area (Å²) in [5.74, 6) is -0.138. The molecule has 0 N–H and O–H groups in total. The number of nitro benzene ring substituents is 1. The maximum absolute atomic E-state index is 13.4. The molecule has 7 nitrogen and oxygen atoms in total. The first-order chi connectivity index (χ1) is 18.1. The first kappa shape index (κ1) is 25.0. The fraction of sp³-hybridized carbons (Fsp3) is 0.367. The number of anilines is 1. The number of piperazine rings is 1. The fourth-order valence-electron chi connectivity index (χ4n) is 5.63. The Morgan fingerprint density at radius 1 is 0.730 bits per heavy atom. The largest absolute Gasteiger partial charge is 0.366 e. The van der Waals surface area contributed by atoms with Gasteiger partial charge < -0.3 is 9.80 Å². The Morgan fingerprint density at radius 2 is 1.30 bits per heavy atom. The van der Waals surface area contributed by atoms with Crippen molar-refractivity contribution in [1.29, 1.82) is 0 Å². The Morgan fingerprint density at radius 3 is 1.84 bits per heavy atom. The van der Waals surface area contributed by atoms with E-state index in [9.17, 15) is 14.9 Å². The van der Waals surface area contributed by atoms with E-state index in [1.54, 1.807) is 12.1 Å². The number of carbonyl (C=O) groups is 1. The number of nitrogens with zero attached hydrogens (tertiary/aromatic N) is 4. The number of amides is 1. The second kappa shape index (κ2) is 11.6. The Kier molecular flexibility index (Phi) is 7.80. The van der Waals surface area contributed by atoms with Crippen molar-refractivity contribution in [3.63, 3.8) is 0 Å². The fourth-order valence-corrected chi connectivity index (χ4v) is 5.63. The zero-order valence-electron chi connectivity index (χ0n) is 21.2. The molecule has 192 valence electrons. The highest BCUT2D eigenvalue weighted by molar-refractivity contribution is 5.96. The normalized spacial score (nSPS) is 17.0. The van der Waals surface area contributed by atoms with Gasteiger partial charge in [-0.1, -0.05) is 73.5 Å². The van der Waals surface area contributed by atoms with E-state index in [-0.39, 0.29) is 22.6 Å². The van der Waals surface area contributed by atoms with Crippen molar-refractivity contribution < 1.29 is 9.72 Å². The van der Waals surface area contributed by atoms with Crippen LogP contribution >= 0.6 is 0 Å². The van der Waals surface area contributed by atoms with Gasteiger partial charge in [-0.05, 0) is 36.1 Å². The predicted octanol–water partition coefficient (Wildman–Crippen LogP) is 5.52. The van der Waals surface area contributed by atoms with Gasteiger partial charge in [0, 0.05) is 50.9 Å². The summed E-state index contributed by atoms with van der Waals surface area (Å²) in [4.78, 5) is 31.3. The minimum Gasteiger partial charge on any atom is -0.366 e. The number of carbonyl (C=O) groups excluding carboxylic acids is 1. The summed E-state index contributed by atoms with van der Waals surface area (Å²) < 4.78 is 0. The summed E-state index contributed by atoms with van der Waals surface area (Å²) in [5.41, 5.74) is 3.50. The van der Waals surface area contributed by atoms with E-state index in [2.05, 4.69) is 58.3 Å². The van der Waals surface area contributed by atoms with Crippen LogP contribution in [0.4, 0.5) is 11.4 Å². The topological polar surface area (TPSA) is 69.9 Å². The van der Waals surface area contributed by atoms with E-state index in [1.807, 2.05) is 17.0 Å². The van der Waals surface area contributed by atoms with E-state index in [0.717, 1.165) is 51.9 Å². The zero-order valence-corrected chi connectivity index (χ0v) is 21.2. The van der Waals surface area contributed by atoms with Crippen LogP contribution < -0.4 is 4.90 Å². The summed E-state index contributed by atoms with van der Waals surface area (Å²) >= 11 is 0. The summed E-state index contributed by atoms with van der Waals surface area (Å²) in [6, 6.07) is 26.0. The summed E-state index contributed by atoms with van der Waals surface area (Å²) in [6.07, 6.45) is 4.38. The molecule has 0 aromatic heterocycles. The Bertz CT molecular complexity index is 1160. The van der Waals surface area contributed by atoms with Crippen LogP contribution in [-0.2, 0) is 0 Å². The molecule has 0 radical (unpaired) electrons. The number of benzene rings is 3. The van der Waals surface area contributed by atoms with Gasteiger partial charge in [-0.25, -0.2) is 0 Å². The lowest BCUT2D eigenvalue weighted by Gasteiger charge is -2.39. The molecule has 2 saturated heterocycles. The highest BCUT2D eigenvalue weighted by atomic mass is 16.6. The van der Waals surface area contributed by atoms with Gasteiger partial charge in [0.2, 0.25) is 0 Å². The van der Waals surface area contributed by atoms with Crippen molar-refractivity contribution in [2.75, 3.05) is 44.2 Å². The van der Waals surface area contributed by atoms with Crippen molar-refractivity contribution in [1.82, 2.24) is 9.80 Å². The molecule has 2 heterocycles. The molecule has 0 aliphatic carbocycles. The minimum absolute atomic E-state index is 0.0274. The van der Waals surface area contributed by atoms with Crippen molar-refractivity contribution in [3.8, 4) is 0 Å². The van der Waals surface area contributed by atoms with Crippen LogP contribution in [0.25, 0.3) is 0 Å². The van der Waals surface area contributed by atoms with Gasteiger partial charge in [-0.15, -0.1) is 0 Å². The SMILES string of the molecule is O=C(c1ccc(N2CCCCCC2)c([N+](=O)[O-])c1)N1CCN(C(c2ccccc2)c2ccccc2)CC1. The van der Waals surface area contributed by atoms with E-state index in [0.29, 0.717) is 24.3 Å². The molecule has 0 atom stereocenters. The van der Waals surface area contributed by atoms with Crippen molar-refractivity contribution >= 4 is 17.3 Å². The van der Waals surface area contributed by atoms with E-state index in [1.165, 1.54) is 17.2 Å². The molecule has 0 unspecified atom stereocenters. The van der Waals surface area contributed by atoms with E-state index < -0.39 is 0 Å². The van der Waals surface area contributed by atoms with E-state index in [4.69, 9.17) is 0 Å². The first-order valence-electron chi connectivity index (χ1n) is 13.3. The lowest BCUT2D eigenvalue weighted by atomic mass is 9.96. The highest BCUT2D eigenvalue weighted by Crippen LogP contribution is 2.33. The number of hydrogen-bond donors (Lipinski definition) is 0. The molecule has 2 fully saturated rings. The van der Waals surface area contributed by atoms with Crippen LogP contribution in [0.5, 0.6) is 0 Å². The van der Waals surface area contributed by atoms with Gasteiger partial charge in [0.15, 0.2) is 0 Å². The van der Waals surface area contributed by atoms with Gasteiger partial charge in [0.25, 0.3) is 11.6 Å². The standard InChI is InChI=1S/C30H34N4O3/c35-30(26-15-16-27(28(23-26)34(36)37)31-17-9-1-2-10-18-31)33-21-19-32(20-22-33)29(24-11-5-3-6-12-24)25-13-7-4-8-14-25/h3-8,11-16,23,29H,1-2,9-10,17-22H2. The monoisotopic (exact) mass is 498 g/mol. The molecule has 0 saturated carbocycles. The second-order valence-corrected chi connectivity index (χ2v) is 9.91. The third-order valence-electron chi connectivity index (χ3n) is 7.56. The maximum atomic E-state index is 13.4. The second-order valence-electron chi connectivity index (χ2n) is 9.91. The summed E-state index contributed by atoms with van der Waals surface area (Å²) in [6.45, 7) is 4.26. The third kappa shape index (κ3) is 5.67. The number of hydrogen-bond acceptors (Lipinski definition) is 5. The van der Waals surface area contributed by atoms with Crippen LogP contribution in [0.3, 0.4) is 0 Å². The van der Waals surface area contributed by atoms with Crippen LogP contribution in [0.15, 0.2) is 78.9 Å². The van der Waals surface area contributed by atoms with E-state index >= 15 is 0 Å². The number of rotatable bonds is 6. The van der Waals surface area contributed by atoms with Crippen molar-refractivity contribution in [3.05, 3.63) is 106 Å². The van der Waals surface area contributed by atoms with Crippen LogP contribution in [0.1, 0.15) is 53.2 Å². The third-order valence-corrected chi connectivity index (χ3v) is 7.56. The molecule has 37 heavy (non-hydrogen) atoms. The minimum atomic E-state index is -0.348. The first-order valence-corrected chi connectivity index (χ1v) is 13.3. The molecule has 2 aliphatic rings. The Balaban J connectivity index is 1.31. The lowest BCUT2D eigenvalue weighted by Crippen LogP contribution is -2.49. The molecular formula is C30H34N4O3. The number of nitro groups is 1. The quantitative estimate of drug-likeness (QED) is 0.331. The molecule has 3 aromatic rings. The van der Waals surface area contributed by atoms with Crippen LogP contribution in [0.2, 0.25) is 0 Å². The van der Waals surface area contributed by atoms with Gasteiger partial charge in [-0.3, -0.25) is 19.8 Å². The molecule has 1 amide bonds. The highest BCUT2D eigenvalue weighted by Gasteiger charge is 2.30. The zero-order chi connectivity index (χ0) is 25.6. The predicted molar refractivity (Wildman–Crippen MR) is 146 cm³/mol. The molecular weight excluding hydrogens is 464 g/mol. The lowest BCUT2D eigenvalue weighted by molar-refractivity contribution is -0.384. The average molecular weight is 499 g/mol. The van der Waals surface area contributed by atoms with Crippen LogP contribution in [0, 0.1) is 10.1 Å². The molecule has 0 bridgehead atoms.